The Bertz CT molecular complexity index is 1060. The van der Waals surface area contributed by atoms with Gasteiger partial charge in [0.1, 0.15) is 6.54 Å². The van der Waals surface area contributed by atoms with E-state index in [2.05, 4.69) is 15.3 Å². The SMILES string of the molecule is Cc1cc(=O)n(CCNC(=O)Cn2cnc(-c3ccccc3)cc2=O)cn1. The second-order valence-electron chi connectivity index (χ2n) is 6.02. The quantitative estimate of drug-likeness (QED) is 0.689. The predicted octanol–water partition coefficient (Wildman–Crippen LogP) is 0.592. The van der Waals surface area contributed by atoms with Gasteiger partial charge in [-0.3, -0.25) is 23.5 Å². The van der Waals surface area contributed by atoms with Gasteiger partial charge in [0.05, 0.1) is 18.3 Å². The molecule has 27 heavy (non-hydrogen) atoms. The van der Waals surface area contributed by atoms with E-state index in [1.54, 1.807) is 6.92 Å². The predicted molar refractivity (Wildman–Crippen MR) is 100 cm³/mol. The summed E-state index contributed by atoms with van der Waals surface area (Å²) in [7, 11) is 0. The number of aromatic nitrogens is 4. The van der Waals surface area contributed by atoms with E-state index < -0.39 is 0 Å². The van der Waals surface area contributed by atoms with Crippen LogP contribution in [0.5, 0.6) is 0 Å². The normalized spacial score (nSPS) is 10.6. The summed E-state index contributed by atoms with van der Waals surface area (Å²) in [5.41, 5.74) is 1.56. The molecule has 1 aromatic carbocycles. The van der Waals surface area contributed by atoms with Gasteiger partial charge in [-0.1, -0.05) is 30.3 Å². The number of nitrogens with zero attached hydrogens (tertiary/aromatic N) is 4. The number of nitrogens with one attached hydrogen (secondary N) is 1. The van der Waals surface area contributed by atoms with E-state index >= 15 is 0 Å². The summed E-state index contributed by atoms with van der Waals surface area (Å²) >= 11 is 0. The van der Waals surface area contributed by atoms with Crippen molar-refractivity contribution in [2.24, 2.45) is 0 Å². The van der Waals surface area contributed by atoms with Crippen molar-refractivity contribution in [3.8, 4) is 11.3 Å². The van der Waals surface area contributed by atoms with Crippen molar-refractivity contribution in [3.63, 3.8) is 0 Å². The van der Waals surface area contributed by atoms with Gasteiger partial charge in [0.25, 0.3) is 11.1 Å². The van der Waals surface area contributed by atoms with Gasteiger partial charge in [-0.15, -0.1) is 0 Å². The van der Waals surface area contributed by atoms with Crippen LogP contribution in [0.25, 0.3) is 11.3 Å². The molecule has 0 aliphatic rings. The highest BCUT2D eigenvalue weighted by Crippen LogP contribution is 2.13. The monoisotopic (exact) mass is 365 g/mol. The first-order valence-corrected chi connectivity index (χ1v) is 8.44. The molecule has 0 saturated carbocycles. The third kappa shape index (κ3) is 4.75. The molecule has 2 aromatic heterocycles. The van der Waals surface area contributed by atoms with E-state index in [0.717, 1.165) is 5.56 Å². The standard InChI is InChI=1S/C19H19N5O3/c1-14-9-18(26)23(12-21-14)8-7-20-17(25)11-24-13-22-16(10-19(24)27)15-5-3-2-4-6-15/h2-6,9-10,12-13H,7-8,11H2,1H3,(H,20,25). The molecule has 3 rings (SSSR count). The number of hydrogen-bond acceptors (Lipinski definition) is 5. The Kier molecular flexibility index (Phi) is 5.55. The van der Waals surface area contributed by atoms with E-state index in [-0.39, 0.29) is 30.1 Å². The average Bonchev–Trinajstić information content (AvgIpc) is 2.66. The Morgan fingerprint density at radius 3 is 2.41 bits per heavy atom. The fourth-order valence-electron chi connectivity index (χ4n) is 2.52. The lowest BCUT2D eigenvalue weighted by atomic mass is 10.1. The van der Waals surface area contributed by atoms with Crippen LogP contribution >= 0.6 is 0 Å². The topological polar surface area (TPSA) is 98.9 Å². The summed E-state index contributed by atoms with van der Waals surface area (Å²) in [4.78, 5) is 44.3. The second-order valence-corrected chi connectivity index (χ2v) is 6.02. The third-order valence-electron chi connectivity index (χ3n) is 3.95. The van der Waals surface area contributed by atoms with Crippen LogP contribution in [-0.2, 0) is 17.9 Å². The van der Waals surface area contributed by atoms with Crippen LogP contribution < -0.4 is 16.4 Å². The maximum Gasteiger partial charge on any atom is 0.254 e. The Morgan fingerprint density at radius 1 is 1.00 bits per heavy atom. The molecule has 8 nitrogen and oxygen atoms in total. The fraction of sp³-hybridized carbons (Fsp3) is 0.211. The van der Waals surface area contributed by atoms with Crippen LogP contribution in [0.1, 0.15) is 5.69 Å². The first kappa shape index (κ1) is 18.2. The summed E-state index contributed by atoms with van der Waals surface area (Å²) in [5, 5.41) is 2.68. The van der Waals surface area contributed by atoms with E-state index in [4.69, 9.17) is 0 Å². The zero-order valence-electron chi connectivity index (χ0n) is 14.8. The largest absolute Gasteiger partial charge is 0.353 e. The maximum absolute atomic E-state index is 12.2. The number of hydrogen-bond donors (Lipinski definition) is 1. The molecule has 1 amide bonds. The van der Waals surface area contributed by atoms with Crippen LogP contribution in [0.3, 0.4) is 0 Å². The first-order valence-electron chi connectivity index (χ1n) is 8.44. The maximum atomic E-state index is 12.2. The fourth-order valence-corrected chi connectivity index (χ4v) is 2.52. The minimum absolute atomic E-state index is 0.137. The Labute approximate surface area is 155 Å². The number of aryl methyl sites for hydroxylation is 1. The van der Waals surface area contributed by atoms with Crippen molar-refractivity contribution < 1.29 is 4.79 Å². The summed E-state index contributed by atoms with van der Waals surface area (Å²) in [6, 6.07) is 12.2. The molecular weight excluding hydrogens is 346 g/mol. The highest BCUT2D eigenvalue weighted by Gasteiger charge is 2.07. The first-order chi connectivity index (χ1) is 13.0. The Hall–Kier alpha value is -3.55. The molecule has 0 unspecified atom stereocenters. The second kappa shape index (κ2) is 8.22. The third-order valence-corrected chi connectivity index (χ3v) is 3.95. The van der Waals surface area contributed by atoms with Gasteiger partial charge in [-0.25, -0.2) is 9.97 Å². The van der Waals surface area contributed by atoms with Crippen LogP contribution in [0.4, 0.5) is 0 Å². The Morgan fingerprint density at radius 2 is 1.70 bits per heavy atom. The van der Waals surface area contributed by atoms with E-state index in [1.807, 2.05) is 30.3 Å². The number of amides is 1. The van der Waals surface area contributed by atoms with Gasteiger partial charge in [-0.2, -0.15) is 0 Å². The van der Waals surface area contributed by atoms with Crippen molar-refractivity contribution in [3.05, 3.63) is 81.5 Å². The lowest BCUT2D eigenvalue weighted by Crippen LogP contribution is -2.35. The van der Waals surface area contributed by atoms with Gasteiger partial charge >= 0.3 is 0 Å². The lowest BCUT2D eigenvalue weighted by molar-refractivity contribution is -0.121. The molecule has 0 aliphatic heterocycles. The minimum Gasteiger partial charge on any atom is -0.353 e. The van der Waals surface area contributed by atoms with Gasteiger partial charge in [-0.05, 0) is 6.92 Å². The van der Waals surface area contributed by atoms with Crippen molar-refractivity contribution in [2.75, 3.05) is 6.54 Å². The molecule has 138 valence electrons. The molecule has 0 fully saturated rings. The molecule has 0 bridgehead atoms. The molecule has 0 atom stereocenters. The average molecular weight is 365 g/mol. The molecule has 0 saturated heterocycles. The molecule has 8 heteroatoms. The van der Waals surface area contributed by atoms with E-state index in [1.165, 1.54) is 33.9 Å². The number of carbonyl (C=O) groups excluding carboxylic acids is 1. The number of rotatable bonds is 6. The molecular formula is C19H19N5O3. The van der Waals surface area contributed by atoms with E-state index in [0.29, 0.717) is 17.9 Å². The molecule has 0 aliphatic carbocycles. The van der Waals surface area contributed by atoms with Crippen molar-refractivity contribution in [2.45, 2.75) is 20.0 Å². The van der Waals surface area contributed by atoms with Crippen LogP contribution in [-0.4, -0.2) is 31.6 Å². The lowest BCUT2D eigenvalue weighted by Gasteiger charge is -2.09. The minimum atomic E-state index is -0.334. The summed E-state index contributed by atoms with van der Waals surface area (Å²) < 4.78 is 2.65. The smallest absolute Gasteiger partial charge is 0.254 e. The highest BCUT2D eigenvalue weighted by molar-refractivity contribution is 5.75. The van der Waals surface area contributed by atoms with E-state index in [9.17, 15) is 14.4 Å². The van der Waals surface area contributed by atoms with Gasteiger partial charge in [0.2, 0.25) is 5.91 Å². The molecule has 1 N–H and O–H groups in total. The van der Waals surface area contributed by atoms with Gasteiger partial charge in [0, 0.05) is 36.5 Å². The van der Waals surface area contributed by atoms with Crippen LogP contribution in [0, 0.1) is 6.92 Å². The zero-order chi connectivity index (χ0) is 19.2. The van der Waals surface area contributed by atoms with Crippen molar-refractivity contribution in [1.29, 1.82) is 0 Å². The molecule has 2 heterocycles. The van der Waals surface area contributed by atoms with Crippen LogP contribution in [0.15, 0.2) is 64.7 Å². The summed E-state index contributed by atoms with van der Waals surface area (Å²) in [6.45, 7) is 2.16. The summed E-state index contributed by atoms with van der Waals surface area (Å²) in [6.07, 6.45) is 2.80. The highest BCUT2D eigenvalue weighted by atomic mass is 16.2. The van der Waals surface area contributed by atoms with Crippen molar-refractivity contribution >= 4 is 5.91 Å². The van der Waals surface area contributed by atoms with Gasteiger partial charge < -0.3 is 5.32 Å². The molecule has 0 radical (unpaired) electrons. The van der Waals surface area contributed by atoms with Gasteiger partial charge in [0.15, 0.2) is 0 Å². The summed E-state index contributed by atoms with van der Waals surface area (Å²) in [5.74, 6) is -0.334. The number of benzene rings is 1. The molecule has 3 aromatic rings. The number of carbonyl (C=O) groups is 1. The van der Waals surface area contributed by atoms with Crippen LogP contribution in [0.2, 0.25) is 0 Å². The van der Waals surface area contributed by atoms with Crippen molar-refractivity contribution in [1.82, 2.24) is 24.4 Å². The molecule has 0 spiro atoms. The zero-order valence-corrected chi connectivity index (χ0v) is 14.8. The Balaban J connectivity index is 1.58.